The van der Waals surface area contributed by atoms with E-state index >= 15 is 0 Å². The second-order valence-electron chi connectivity index (χ2n) is 3.82. The van der Waals surface area contributed by atoms with Gasteiger partial charge in [-0.2, -0.15) is 5.26 Å². The lowest BCUT2D eigenvalue weighted by Gasteiger charge is -2.38. The summed E-state index contributed by atoms with van der Waals surface area (Å²) in [4.78, 5) is 12.9. The maximum atomic E-state index is 12.7. The molecule has 1 aromatic carbocycles. The highest BCUT2D eigenvalue weighted by atomic mass is 79.9. The van der Waals surface area contributed by atoms with Crippen molar-refractivity contribution in [3.05, 3.63) is 33.8 Å². The zero-order valence-electron chi connectivity index (χ0n) is 8.58. The highest BCUT2D eigenvalue weighted by molar-refractivity contribution is 9.10. The van der Waals surface area contributed by atoms with Crippen LogP contribution in [0.15, 0.2) is 22.7 Å². The predicted octanol–water partition coefficient (Wildman–Crippen LogP) is 2.41. The van der Waals surface area contributed by atoms with Gasteiger partial charge in [0.1, 0.15) is 0 Å². The van der Waals surface area contributed by atoms with Gasteiger partial charge in [-0.3, -0.25) is 4.79 Å². The summed E-state index contributed by atoms with van der Waals surface area (Å²) in [5, 5.41) is 8.72. The molecule has 88 valence electrons. The van der Waals surface area contributed by atoms with Crippen LogP contribution in [0.25, 0.3) is 0 Å². The molecule has 6 heteroatoms. The highest BCUT2D eigenvalue weighted by Gasteiger charge is 2.46. The number of amides is 1. The molecule has 1 aliphatic heterocycles. The van der Waals surface area contributed by atoms with Crippen LogP contribution in [0.2, 0.25) is 0 Å². The second kappa shape index (κ2) is 4.08. The predicted molar refractivity (Wildman–Crippen MR) is 59.7 cm³/mol. The molecule has 1 amide bonds. The molecule has 0 atom stereocenters. The Balaban J connectivity index is 2.23. The summed E-state index contributed by atoms with van der Waals surface area (Å²) in [7, 11) is 0. The van der Waals surface area contributed by atoms with Crippen LogP contribution in [0.1, 0.15) is 15.9 Å². The Labute approximate surface area is 105 Å². The lowest BCUT2D eigenvalue weighted by Crippen LogP contribution is -2.58. The number of rotatable bonds is 1. The smallest absolute Gasteiger partial charge is 0.282 e. The van der Waals surface area contributed by atoms with Crippen molar-refractivity contribution in [1.29, 1.82) is 5.26 Å². The lowest BCUT2D eigenvalue weighted by molar-refractivity contribution is -0.113. The monoisotopic (exact) mass is 300 g/mol. The van der Waals surface area contributed by atoms with Crippen LogP contribution >= 0.6 is 15.9 Å². The first-order chi connectivity index (χ1) is 7.93. The van der Waals surface area contributed by atoms with E-state index in [4.69, 9.17) is 5.26 Å². The quantitative estimate of drug-likeness (QED) is 0.799. The SMILES string of the molecule is N#Cc1ccc(Br)c(C(=O)N2CC(F)(F)C2)c1. The molecule has 0 aromatic heterocycles. The van der Waals surface area contributed by atoms with Gasteiger partial charge < -0.3 is 4.90 Å². The Kier molecular flexibility index (Phi) is 2.87. The number of benzene rings is 1. The zero-order chi connectivity index (χ0) is 12.6. The Morgan fingerprint density at radius 1 is 1.47 bits per heavy atom. The van der Waals surface area contributed by atoms with Crippen molar-refractivity contribution in [2.24, 2.45) is 0 Å². The van der Waals surface area contributed by atoms with E-state index in [-0.39, 0.29) is 5.56 Å². The third kappa shape index (κ3) is 2.29. The number of halogens is 3. The largest absolute Gasteiger partial charge is 0.326 e. The van der Waals surface area contributed by atoms with Crippen LogP contribution < -0.4 is 0 Å². The van der Waals surface area contributed by atoms with E-state index in [0.717, 1.165) is 4.90 Å². The minimum absolute atomic E-state index is 0.236. The van der Waals surface area contributed by atoms with E-state index in [9.17, 15) is 13.6 Å². The number of carbonyl (C=O) groups excluding carboxylic acids is 1. The summed E-state index contributed by atoms with van der Waals surface area (Å²) in [5.74, 6) is -3.27. The van der Waals surface area contributed by atoms with Crippen LogP contribution in [0.5, 0.6) is 0 Å². The molecule has 0 bridgehead atoms. The molecule has 0 spiro atoms. The van der Waals surface area contributed by atoms with Crippen LogP contribution in [-0.2, 0) is 0 Å². The Hall–Kier alpha value is -1.48. The van der Waals surface area contributed by atoms with E-state index in [0.29, 0.717) is 10.0 Å². The van der Waals surface area contributed by atoms with Gasteiger partial charge in [-0.1, -0.05) is 0 Å². The average molecular weight is 301 g/mol. The summed E-state index contributed by atoms with van der Waals surface area (Å²) in [5.41, 5.74) is 0.559. The van der Waals surface area contributed by atoms with E-state index in [1.807, 2.05) is 6.07 Å². The van der Waals surface area contributed by atoms with Crippen molar-refractivity contribution in [2.45, 2.75) is 5.92 Å². The van der Waals surface area contributed by atoms with E-state index in [1.54, 1.807) is 12.1 Å². The maximum absolute atomic E-state index is 12.7. The van der Waals surface area contributed by atoms with Gasteiger partial charge in [-0.05, 0) is 34.1 Å². The highest BCUT2D eigenvalue weighted by Crippen LogP contribution is 2.29. The topological polar surface area (TPSA) is 44.1 Å². The van der Waals surface area contributed by atoms with Gasteiger partial charge in [0, 0.05) is 4.47 Å². The average Bonchev–Trinajstić information content (AvgIpc) is 2.25. The fraction of sp³-hybridized carbons (Fsp3) is 0.273. The molecule has 1 fully saturated rings. The lowest BCUT2D eigenvalue weighted by atomic mass is 10.1. The van der Waals surface area contributed by atoms with Gasteiger partial charge in [0.25, 0.3) is 11.8 Å². The molecule has 2 rings (SSSR count). The number of hydrogen-bond acceptors (Lipinski definition) is 2. The summed E-state index contributed by atoms with van der Waals surface area (Å²) in [6.07, 6.45) is 0. The van der Waals surface area contributed by atoms with Crippen molar-refractivity contribution < 1.29 is 13.6 Å². The third-order valence-corrected chi connectivity index (χ3v) is 3.15. The number of nitrogens with zero attached hydrogens (tertiary/aromatic N) is 2. The molecule has 1 aliphatic rings. The molecule has 0 saturated carbocycles. The van der Waals surface area contributed by atoms with Crippen molar-refractivity contribution in [3.8, 4) is 6.07 Å². The van der Waals surface area contributed by atoms with Crippen molar-refractivity contribution >= 4 is 21.8 Å². The Morgan fingerprint density at radius 3 is 2.65 bits per heavy atom. The van der Waals surface area contributed by atoms with Crippen LogP contribution in [-0.4, -0.2) is 29.8 Å². The Bertz CT molecular complexity index is 517. The summed E-state index contributed by atoms with van der Waals surface area (Å²) in [6.45, 7) is -1.12. The second-order valence-corrected chi connectivity index (χ2v) is 4.68. The van der Waals surface area contributed by atoms with Gasteiger partial charge in [-0.25, -0.2) is 8.78 Å². The minimum atomic E-state index is -2.78. The van der Waals surface area contributed by atoms with Crippen molar-refractivity contribution in [1.82, 2.24) is 4.90 Å². The number of hydrogen-bond donors (Lipinski definition) is 0. The van der Waals surface area contributed by atoms with Gasteiger partial charge in [0.05, 0.1) is 30.3 Å². The van der Waals surface area contributed by atoms with Gasteiger partial charge in [-0.15, -0.1) is 0 Å². The van der Waals surface area contributed by atoms with Crippen LogP contribution in [0.4, 0.5) is 8.78 Å². The number of nitriles is 1. The first kappa shape index (κ1) is 12.0. The standard InChI is InChI=1S/C11H7BrF2N2O/c12-9-2-1-7(4-15)3-8(9)10(17)16-5-11(13,14)6-16/h1-3H,5-6H2. The molecular weight excluding hydrogens is 294 g/mol. The molecule has 17 heavy (non-hydrogen) atoms. The summed E-state index contributed by atoms with van der Waals surface area (Å²) < 4.78 is 25.8. The van der Waals surface area contributed by atoms with Crippen molar-refractivity contribution in [2.75, 3.05) is 13.1 Å². The minimum Gasteiger partial charge on any atom is -0.326 e. The summed E-state index contributed by atoms with van der Waals surface area (Å²) >= 11 is 3.17. The molecule has 0 radical (unpaired) electrons. The molecule has 1 aromatic rings. The fourth-order valence-corrected chi connectivity index (χ4v) is 2.00. The zero-order valence-corrected chi connectivity index (χ0v) is 10.2. The van der Waals surface area contributed by atoms with Gasteiger partial charge >= 0.3 is 0 Å². The van der Waals surface area contributed by atoms with Gasteiger partial charge in [0.2, 0.25) is 0 Å². The third-order valence-electron chi connectivity index (χ3n) is 2.46. The van der Waals surface area contributed by atoms with Crippen molar-refractivity contribution in [3.63, 3.8) is 0 Å². The maximum Gasteiger partial charge on any atom is 0.282 e. The van der Waals surface area contributed by atoms with Gasteiger partial charge in [0.15, 0.2) is 0 Å². The number of alkyl halides is 2. The van der Waals surface area contributed by atoms with Crippen LogP contribution in [0.3, 0.4) is 0 Å². The molecule has 0 aliphatic carbocycles. The number of carbonyl (C=O) groups is 1. The molecule has 0 N–H and O–H groups in total. The van der Waals surface area contributed by atoms with Crippen LogP contribution in [0, 0.1) is 11.3 Å². The molecular formula is C11H7BrF2N2O. The molecule has 3 nitrogen and oxygen atoms in total. The first-order valence-electron chi connectivity index (χ1n) is 4.80. The molecule has 1 saturated heterocycles. The fourth-order valence-electron chi connectivity index (χ4n) is 1.58. The number of likely N-dealkylation sites (tertiary alicyclic amines) is 1. The van der Waals surface area contributed by atoms with E-state index in [1.165, 1.54) is 6.07 Å². The molecule has 0 unspecified atom stereocenters. The van der Waals surface area contributed by atoms with E-state index < -0.39 is 24.9 Å². The first-order valence-corrected chi connectivity index (χ1v) is 5.59. The van der Waals surface area contributed by atoms with E-state index in [2.05, 4.69) is 15.9 Å². The Morgan fingerprint density at radius 2 is 2.12 bits per heavy atom. The summed E-state index contributed by atoms with van der Waals surface area (Å²) in [6, 6.07) is 6.40. The molecule has 1 heterocycles. The normalized spacial score (nSPS) is 17.2.